The summed E-state index contributed by atoms with van der Waals surface area (Å²) < 4.78 is 12.1. The maximum atomic E-state index is 5.87. The number of aryl methyl sites for hydroxylation is 1. The molecule has 1 unspecified atom stereocenters. The second-order valence-electron chi connectivity index (χ2n) is 3.07. The molecule has 0 fully saturated rings. The number of imidazole rings is 1. The molecule has 0 bridgehead atoms. The number of nitrogens with two attached hydrogens (primary N) is 1. The van der Waals surface area contributed by atoms with Crippen molar-refractivity contribution in [3.63, 3.8) is 0 Å². The molecule has 1 rings (SSSR count). The Morgan fingerprint density at radius 1 is 1.57 bits per heavy atom. The Balaban J connectivity index is 2.28. The summed E-state index contributed by atoms with van der Waals surface area (Å²) in [6.45, 7) is 1.62. The number of aromatic nitrogens is 2. The molecule has 5 heteroatoms. The minimum atomic E-state index is -0.174. The average molecular weight is 199 g/mol. The summed E-state index contributed by atoms with van der Waals surface area (Å²) in [5, 5.41) is 0. The largest absolute Gasteiger partial charge is 0.382 e. The topological polar surface area (TPSA) is 62.3 Å². The van der Waals surface area contributed by atoms with Gasteiger partial charge in [0.25, 0.3) is 0 Å². The summed E-state index contributed by atoms with van der Waals surface area (Å²) >= 11 is 0. The maximum Gasteiger partial charge on any atom is 0.127 e. The van der Waals surface area contributed by atoms with Crippen LogP contribution in [0.1, 0.15) is 11.9 Å². The molecule has 0 spiro atoms. The second kappa shape index (κ2) is 5.74. The van der Waals surface area contributed by atoms with Gasteiger partial charge in [0.2, 0.25) is 0 Å². The Labute approximate surface area is 83.8 Å². The molecule has 0 aliphatic rings. The number of rotatable bonds is 6. The predicted octanol–water partition coefficient (Wildman–Crippen LogP) is 0.0829. The molecule has 0 saturated heterocycles. The Kier molecular flexibility index (Phi) is 4.58. The molecule has 1 aromatic heterocycles. The molecule has 2 N–H and O–H groups in total. The highest BCUT2D eigenvalue weighted by Crippen LogP contribution is 2.06. The molecule has 1 atom stereocenters. The Morgan fingerprint density at radius 3 is 2.93 bits per heavy atom. The van der Waals surface area contributed by atoms with Crippen molar-refractivity contribution >= 4 is 0 Å². The van der Waals surface area contributed by atoms with Crippen LogP contribution in [0.15, 0.2) is 12.4 Å². The van der Waals surface area contributed by atoms with E-state index < -0.39 is 0 Å². The van der Waals surface area contributed by atoms with Gasteiger partial charge in [-0.15, -0.1) is 0 Å². The highest BCUT2D eigenvalue weighted by Gasteiger charge is 2.10. The first kappa shape index (κ1) is 11.2. The summed E-state index contributed by atoms with van der Waals surface area (Å²) in [5.41, 5.74) is 5.87. The van der Waals surface area contributed by atoms with E-state index >= 15 is 0 Å². The lowest BCUT2D eigenvalue weighted by Crippen LogP contribution is -2.21. The highest BCUT2D eigenvalue weighted by molar-refractivity contribution is 4.97. The van der Waals surface area contributed by atoms with Gasteiger partial charge in [0.05, 0.1) is 25.9 Å². The van der Waals surface area contributed by atoms with Gasteiger partial charge < -0.3 is 19.8 Å². The van der Waals surface area contributed by atoms with Crippen molar-refractivity contribution in [3.05, 3.63) is 18.2 Å². The van der Waals surface area contributed by atoms with Gasteiger partial charge in [-0.25, -0.2) is 4.98 Å². The molecule has 5 nitrogen and oxygen atoms in total. The fraction of sp³-hybridized carbons (Fsp3) is 0.667. The first-order valence-electron chi connectivity index (χ1n) is 4.55. The van der Waals surface area contributed by atoms with E-state index in [1.54, 1.807) is 13.3 Å². The molecular formula is C9H17N3O2. The summed E-state index contributed by atoms with van der Waals surface area (Å²) in [7, 11) is 3.55. The molecule has 14 heavy (non-hydrogen) atoms. The maximum absolute atomic E-state index is 5.87. The van der Waals surface area contributed by atoms with E-state index in [0.717, 1.165) is 5.82 Å². The van der Waals surface area contributed by atoms with E-state index in [0.29, 0.717) is 19.8 Å². The van der Waals surface area contributed by atoms with Gasteiger partial charge in [-0.05, 0) is 0 Å². The van der Waals surface area contributed by atoms with Crippen molar-refractivity contribution in [2.24, 2.45) is 12.8 Å². The molecular weight excluding hydrogens is 182 g/mol. The van der Waals surface area contributed by atoms with Crippen molar-refractivity contribution in [1.82, 2.24) is 9.55 Å². The summed E-state index contributed by atoms with van der Waals surface area (Å²) in [4.78, 5) is 4.14. The van der Waals surface area contributed by atoms with Crippen LogP contribution in [-0.2, 0) is 16.5 Å². The van der Waals surface area contributed by atoms with E-state index in [9.17, 15) is 0 Å². The number of ether oxygens (including phenoxy) is 2. The van der Waals surface area contributed by atoms with Gasteiger partial charge in [0.15, 0.2) is 0 Å². The van der Waals surface area contributed by atoms with Crippen molar-refractivity contribution in [3.8, 4) is 0 Å². The summed E-state index contributed by atoms with van der Waals surface area (Å²) in [6, 6.07) is -0.174. The van der Waals surface area contributed by atoms with Crippen LogP contribution in [0.4, 0.5) is 0 Å². The van der Waals surface area contributed by atoms with Crippen LogP contribution in [0.2, 0.25) is 0 Å². The molecule has 80 valence electrons. The molecule has 0 aromatic carbocycles. The lowest BCUT2D eigenvalue weighted by atomic mass is 10.3. The minimum absolute atomic E-state index is 0.174. The number of hydrogen-bond donors (Lipinski definition) is 1. The summed E-state index contributed by atoms with van der Waals surface area (Å²) in [6.07, 6.45) is 3.59. The Bertz CT molecular complexity index is 262. The molecule has 0 saturated carbocycles. The molecule has 0 amide bonds. The first-order chi connectivity index (χ1) is 6.75. The fourth-order valence-electron chi connectivity index (χ4n) is 1.16. The zero-order chi connectivity index (χ0) is 10.4. The molecule has 0 radical (unpaired) electrons. The van der Waals surface area contributed by atoms with Crippen LogP contribution >= 0.6 is 0 Å². The Morgan fingerprint density at radius 2 is 2.36 bits per heavy atom. The van der Waals surface area contributed by atoms with Gasteiger partial charge in [-0.3, -0.25) is 0 Å². The van der Waals surface area contributed by atoms with Crippen molar-refractivity contribution in [1.29, 1.82) is 0 Å². The SMILES string of the molecule is COCCOCC(N)c1nccn1C. The third-order valence-electron chi connectivity index (χ3n) is 1.92. The number of hydrogen-bond acceptors (Lipinski definition) is 4. The molecule has 0 aliphatic heterocycles. The van der Waals surface area contributed by atoms with E-state index in [4.69, 9.17) is 15.2 Å². The highest BCUT2D eigenvalue weighted by atomic mass is 16.5. The van der Waals surface area contributed by atoms with Gasteiger partial charge >= 0.3 is 0 Å². The van der Waals surface area contributed by atoms with Gasteiger partial charge in [-0.2, -0.15) is 0 Å². The smallest absolute Gasteiger partial charge is 0.127 e. The van der Waals surface area contributed by atoms with Crippen LogP contribution in [0.3, 0.4) is 0 Å². The molecule has 0 aliphatic carbocycles. The molecule has 1 heterocycles. The minimum Gasteiger partial charge on any atom is -0.382 e. The second-order valence-corrected chi connectivity index (χ2v) is 3.07. The zero-order valence-electron chi connectivity index (χ0n) is 8.64. The van der Waals surface area contributed by atoms with Gasteiger partial charge in [0, 0.05) is 26.6 Å². The van der Waals surface area contributed by atoms with Crippen molar-refractivity contribution in [2.45, 2.75) is 6.04 Å². The van der Waals surface area contributed by atoms with Gasteiger partial charge in [0.1, 0.15) is 5.82 Å². The summed E-state index contributed by atoms with van der Waals surface area (Å²) in [5.74, 6) is 0.836. The lowest BCUT2D eigenvalue weighted by molar-refractivity contribution is 0.0623. The zero-order valence-corrected chi connectivity index (χ0v) is 8.64. The van der Waals surface area contributed by atoms with Gasteiger partial charge in [-0.1, -0.05) is 0 Å². The third-order valence-corrected chi connectivity index (χ3v) is 1.92. The quantitative estimate of drug-likeness (QED) is 0.659. The van der Waals surface area contributed by atoms with E-state index in [-0.39, 0.29) is 6.04 Å². The van der Waals surface area contributed by atoms with Crippen LogP contribution in [0.25, 0.3) is 0 Å². The molecule has 1 aromatic rings. The Hall–Kier alpha value is -0.910. The van der Waals surface area contributed by atoms with Crippen LogP contribution < -0.4 is 5.73 Å². The van der Waals surface area contributed by atoms with E-state index in [1.807, 2.05) is 17.8 Å². The normalized spacial score (nSPS) is 13.1. The number of nitrogens with zero attached hydrogens (tertiary/aromatic N) is 2. The van der Waals surface area contributed by atoms with Crippen molar-refractivity contribution in [2.75, 3.05) is 26.9 Å². The number of methoxy groups -OCH3 is 1. The van der Waals surface area contributed by atoms with E-state index in [1.165, 1.54) is 0 Å². The standard InChI is InChI=1S/C9H17N3O2/c1-12-4-3-11-9(12)8(10)7-14-6-5-13-2/h3-4,8H,5-7,10H2,1-2H3. The monoisotopic (exact) mass is 199 g/mol. The lowest BCUT2D eigenvalue weighted by Gasteiger charge is -2.11. The third kappa shape index (κ3) is 3.10. The predicted molar refractivity (Wildman–Crippen MR) is 52.8 cm³/mol. The van der Waals surface area contributed by atoms with Crippen molar-refractivity contribution < 1.29 is 9.47 Å². The fourth-order valence-corrected chi connectivity index (χ4v) is 1.16. The van der Waals surface area contributed by atoms with Crippen LogP contribution in [0, 0.1) is 0 Å². The van der Waals surface area contributed by atoms with Crippen LogP contribution in [-0.4, -0.2) is 36.5 Å². The first-order valence-corrected chi connectivity index (χ1v) is 4.55. The van der Waals surface area contributed by atoms with Crippen LogP contribution in [0.5, 0.6) is 0 Å². The average Bonchev–Trinajstić information content (AvgIpc) is 2.59. The van der Waals surface area contributed by atoms with E-state index in [2.05, 4.69) is 4.98 Å².